The van der Waals surface area contributed by atoms with Gasteiger partial charge in [-0.1, -0.05) is 0 Å². The standard InChI is InChI=1S/C10H15NO2S/c1-6(2)11-4-7-8(9(11)12)5-14-10(7)13-3/h6,10H,4-5H2,1-3H3. The van der Waals surface area contributed by atoms with Crippen LogP contribution in [-0.4, -0.2) is 41.7 Å². The highest BCUT2D eigenvalue weighted by Gasteiger charge is 2.39. The second-order valence-corrected chi connectivity index (χ2v) is 4.96. The van der Waals surface area contributed by atoms with E-state index in [4.69, 9.17) is 4.74 Å². The van der Waals surface area contributed by atoms with Crippen LogP contribution in [0.15, 0.2) is 11.1 Å². The minimum Gasteiger partial charge on any atom is -0.366 e. The monoisotopic (exact) mass is 213 g/mol. The summed E-state index contributed by atoms with van der Waals surface area (Å²) >= 11 is 1.71. The van der Waals surface area contributed by atoms with Crippen LogP contribution in [0.1, 0.15) is 13.8 Å². The Bertz CT molecular complexity index is 298. The fourth-order valence-corrected chi connectivity index (χ4v) is 3.10. The molecule has 0 aromatic carbocycles. The average Bonchev–Trinajstić information content (AvgIpc) is 2.66. The molecule has 0 spiro atoms. The number of hydrogen-bond donors (Lipinski definition) is 0. The van der Waals surface area contributed by atoms with Crippen LogP contribution in [0.4, 0.5) is 0 Å². The lowest BCUT2D eigenvalue weighted by Crippen LogP contribution is -2.35. The summed E-state index contributed by atoms with van der Waals surface area (Å²) in [4.78, 5) is 13.8. The molecule has 2 aliphatic heterocycles. The van der Waals surface area contributed by atoms with Gasteiger partial charge in [-0.2, -0.15) is 0 Å². The number of hydrogen-bond acceptors (Lipinski definition) is 3. The summed E-state index contributed by atoms with van der Waals surface area (Å²) in [6, 6.07) is 0.288. The zero-order valence-electron chi connectivity index (χ0n) is 8.74. The molecule has 2 aliphatic rings. The first-order valence-corrected chi connectivity index (χ1v) is 5.87. The molecule has 3 nitrogen and oxygen atoms in total. The normalized spacial score (nSPS) is 26.7. The number of thioether (sulfide) groups is 1. The van der Waals surface area contributed by atoms with Crippen molar-refractivity contribution in [2.75, 3.05) is 19.4 Å². The lowest BCUT2D eigenvalue weighted by molar-refractivity contribution is -0.126. The van der Waals surface area contributed by atoms with Gasteiger partial charge in [-0.3, -0.25) is 4.79 Å². The molecule has 0 bridgehead atoms. The Morgan fingerprint density at radius 2 is 2.29 bits per heavy atom. The SMILES string of the molecule is COC1SCC2=C1CN(C(C)C)C2=O. The molecule has 1 atom stereocenters. The van der Waals surface area contributed by atoms with Gasteiger partial charge in [-0.25, -0.2) is 0 Å². The minimum atomic E-state index is 0.109. The Morgan fingerprint density at radius 3 is 2.86 bits per heavy atom. The smallest absolute Gasteiger partial charge is 0.251 e. The summed E-state index contributed by atoms with van der Waals surface area (Å²) in [5.74, 6) is 1.03. The number of carbonyl (C=O) groups is 1. The molecule has 0 N–H and O–H groups in total. The molecule has 0 fully saturated rings. The van der Waals surface area contributed by atoms with Crippen molar-refractivity contribution in [2.24, 2.45) is 0 Å². The highest BCUT2D eigenvalue weighted by atomic mass is 32.2. The molecule has 1 unspecified atom stereocenters. The Labute approximate surface area is 88.5 Å². The van der Waals surface area contributed by atoms with Crippen molar-refractivity contribution < 1.29 is 9.53 Å². The average molecular weight is 213 g/mol. The molecular weight excluding hydrogens is 198 g/mol. The quantitative estimate of drug-likeness (QED) is 0.691. The van der Waals surface area contributed by atoms with E-state index in [1.54, 1.807) is 18.9 Å². The van der Waals surface area contributed by atoms with Crippen molar-refractivity contribution in [2.45, 2.75) is 25.3 Å². The first-order chi connectivity index (χ1) is 6.65. The fraction of sp³-hybridized carbons (Fsp3) is 0.700. The van der Waals surface area contributed by atoms with Gasteiger partial charge in [0.05, 0.1) is 0 Å². The first-order valence-electron chi connectivity index (χ1n) is 4.82. The van der Waals surface area contributed by atoms with Crippen molar-refractivity contribution in [3.63, 3.8) is 0 Å². The lowest BCUT2D eigenvalue weighted by Gasteiger charge is -2.23. The van der Waals surface area contributed by atoms with Crippen LogP contribution in [0.3, 0.4) is 0 Å². The van der Waals surface area contributed by atoms with Crippen LogP contribution in [0.5, 0.6) is 0 Å². The second kappa shape index (κ2) is 3.59. The predicted molar refractivity (Wildman–Crippen MR) is 57.1 cm³/mol. The molecule has 0 radical (unpaired) electrons. The zero-order valence-corrected chi connectivity index (χ0v) is 9.56. The van der Waals surface area contributed by atoms with Gasteiger partial charge in [-0.05, 0) is 19.4 Å². The third-order valence-corrected chi connectivity index (χ3v) is 3.98. The molecule has 4 heteroatoms. The van der Waals surface area contributed by atoms with Gasteiger partial charge in [-0.15, -0.1) is 11.8 Å². The van der Waals surface area contributed by atoms with Gasteiger partial charge < -0.3 is 9.64 Å². The summed E-state index contributed by atoms with van der Waals surface area (Å²) in [7, 11) is 1.70. The number of carbonyl (C=O) groups excluding carboxylic acids is 1. The Morgan fingerprint density at radius 1 is 1.57 bits per heavy atom. The van der Waals surface area contributed by atoms with Gasteiger partial charge in [0.2, 0.25) is 0 Å². The van der Waals surface area contributed by atoms with Crippen molar-refractivity contribution in [3.8, 4) is 0 Å². The molecule has 0 aromatic rings. The van der Waals surface area contributed by atoms with Crippen LogP contribution < -0.4 is 0 Å². The van der Waals surface area contributed by atoms with Crippen LogP contribution in [-0.2, 0) is 9.53 Å². The molecule has 0 saturated heterocycles. The van der Waals surface area contributed by atoms with Crippen LogP contribution >= 0.6 is 11.8 Å². The highest BCUT2D eigenvalue weighted by molar-refractivity contribution is 8.00. The number of ether oxygens (including phenoxy) is 1. The van der Waals surface area contributed by atoms with E-state index in [-0.39, 0.29) is 17.4 Å². The van der Waals surface area contributed by atoms with Gasteiger partial charge in [0.25, 0.3) is 5.91 Å². The van der Waals surface area contributed by atoms with E-state index in [1.807, 2.05) is 4.90 Å². The second-order valence-electron chi connectivity index (χ2n) is 3.91. The molecule has 0 saturated carbocycles. The van der Waals surface area contributed by atoms with Crippen molar-refractivity contribution >= 4 is 17.7 Å². The lowest BCUT2D eigenvalue weighted by atomic mass is 10.2. The van der Waals surface area contributed by atoms with Gasteiger partial charge in [0.1, 0.15) is 5.44 Å². The molecule has 0 aliphatic carbocycles. The van der Waals surface area contributed by atoms with Crippen molar-refractivity contribution in [1.82, 2.24) is 4.90 Å². The van der Waals surface area contributed by atoms with Crippen molar-refractivity contribution in [1.29, 1.82) is 0 Å². The maximum Gasteiger partial charge on any atom is 0.251 e. The summed E-state index contributed by atoms with van der Waals surface area (Å²) in [6.07, 6.45) is 0. The number of methoxy groups -OCH3 is 1. The molecule has 78 valence electrons. The van der Waals surface area contributed by atoms with Gasteiger partial charge >= 0.3 is 0 Å². The van der Waals surface area contributed by atoms with E-state index in [0.29, 0.717) is 0 Å². The number of rotatable bonds is 2. The van der Waals surface area contributed by atoms with Crippen LogP contribution in [0.2, 0.25) is 0 Å². The fourth-order valence-electron chi connectivity index (χ4n) is 1.92. The molecule has 1 amide bonds. The van der Waals surface area contributed by atoms with E-state index in [1.165, 1.54) is 5.57 Å². The largest absolute Gasteiger partial charge is 0.366 e. The molecule has 2 heterocycles. The summed E-state index contributed by atoms with van der Waals surface area (Å²) < 4.78 is 5.33. The topological polar surface area (TPSA) is 29.5 Å². The Balaban J connectivity index is 2.19. The van der Waals surface area contributed by atoms with Gasteiger partial charge in [0, 0.05) is 31.0 Å². The Kier molecular flexibility index (Phi) is 2.58. The van der Waals surface area contributed by atoms with Crippen molar-refractivity contribution in [3.05, 3.63) is 11.1 Å². The van der Waals surface area contributed by atoms with E-state index in [9.17, 15) is 4.79 Å². The van der Waals surface area contributed by atoms with E-state index in [2.05, 4.69) is 13.8 Å². The highest BCUT2D eigenvalue weighted by Crippen LogP contribution is 2.38. The molecule has 14 heavy (non-hydrogen) atoms. The number of nitrogens with zero attached hydrogens (tertiary/aromatic N) is 1. The Hall–Kier alpha value is -0.480. The number of amides is 1. The maximum absolute atomic E-state index is 11.9. The predicted octanol–water partition coefficient (Wildman–Crippen LogP) is 1.25. The summed E-state index contributed by atoms with van der Waals surface area (Å²) in [6.45, 7) is 4.86. The maximum atomic E-state index is 11.9. The van der Waals surface area contributed by atoms with Crippen LogP contribution in [0, 0.1) is 0 Å². The molecule has 2 rings (SSSR count). The third kappa shape index (κ3) is 1.37. The third-order valence-electron chi connectivity index (χ3n) is 2.75. The van der Waals surface area contributed by atoms with Crippen LogP contribution in [0.25, 0.3) is 0 Å². The van der Waals surface area contributed by atoms with E-state index < -0.39 is 0 Å². The molecular formula is C10H15NO2S. The minimum absolute atomic E-state index is 0.109. The van der Waals surface area contributed by atoms with Gasteiger partial charge in [0.15, 0.2) is 0 Å². The zero-order chi connectivity index (χ0) is 10.3. The molecule has 0 aromatic heterocycles. The van der Waals surface area contributed by atoms with E-state index >= 15 is 0 Å². The first kappa shape index (κ1) is 10.1. The summed E-state index contributed by atoms with van der Waals surface area (Å²) in [5, 5.41) is 0. The van der Waals surface area contributed by atoms with E-state index in [0.717, 1.165) is 17.9 Å². The summed E-state index contributed by atoms with van der Waals surface area (Å²) in [5.41, 5.74) is 2.28.